The van der Waals surface area contributed by atoms with Crippen LogP contribution in [0, 0.1) is 0 Å². The number of fused-ring (bicyclic) bond motifs is 1. The first-order valence-electron chi connectivity index (χ1n) is 7.50. The number of hydrogen-bond acceptors (Lipinski definition) is 8. The van der Waals surface area contributed by atoms with Crippen molar-refractivity contribution in [3.8, 4) is 5.69 Å². The molecule has 9 heteroatoms. The molecule has 25 heavy (non-hydrogen) atoms. The van der Waals surface area contributed by atoms with Gasteiger partial charge in [0.25, 0.3) is 0 Å². The van der Waals surface area contributed by atoms with Crippen LogP contribution in [0.2, 0.25) is 0 Å². The molecule has 0 fully saturated rings. The number of benzene rings is 1. The number of rotatable bonds is 5. The molecule has 2 heterocycles. The molecule has 1 aliphatic rings. The molecule has 2 aromatic rings. The average Bonchev–Trinajstić information content (AvgIpc) is 3.13. The summed E-state index contributed by atoms with van der Waals surface area (Å²) in [6, 6.07) is 9.01. The monoisotopic (exact) mass is 345 g/mol. The van der Waals surface area contributed by atoms with Crippen LogP contribution in [0.5, 0.6) is 0 Å². The summed E-state index contributed by atoms with van der Waals surface area (Å²) in [4.78, 5) is 35.7. The molecule has 130 valence electrons. The number of cyclic esters (lactones) is 1. The molecule has 3 rings (SSSR count). The molecule has 0 spiro atoms. The van der Waals surface area contributed by atoms with E-state index in [0.29, 0.717) is 5.69 Å². The molecule has 0 saturated heterocycles. The van der Waals surface area contributed by atoms with Crippen molar-refractivity contribution in [3.63, 3.8) is 0 Å². The van der Waals surface area contributed by atoms with Crippen molar-refractivity contribution in [2.75, 3.05) is 6.61 Å². The maximum Gasteiger partial charge on any atom is 0.361 e. The lowest BCUT2D eigenvalue weighted by Crippen LogP contribution is -2.31. The van der Waals surface area contributed by atoms with Crippen molar-refractivity contribution in [3.05, 3.63) is 41.7 Å². The molecule has 9 nitrogen and oxygen atoms in total. The maximum atomic E-state index is 12.1. The van der Waals surface area contributed by atoms with Crippen LogP contribution in [0.15, 0.2) is 30.3 Å². The van der Waals surface area contributed by atoms with Crippen molar-refractivity contribution >= 4 is 17.9 Å². The second-order valence-electron chi connectivity index (χ2n) is 5.34. The third-order valence-corrected chi connectivity index (χ3v) is 3.43. The largest absolute Gasteiger partial charge is 0.462 e. The summed E-state index contributed by atoms with van der Waals surface area (Å²) in [6.45, 7) is 2.17. The lowest BCUT2D eigenvalue weighted by atomic mass is 10.1. The van der Waals surface area contributed by atoms with E-state index in [1.807, 2.05) is 18.2 Å². The summed E-state index contributed by atoms with van der Waals surface area (Å²) >= 11 is 0. The van der Waals surface area contributed by atoms with Crippen LogP contribution in [0.3, 0.4) is 0 Å². The Balaban J connectivity index is 1.91. The van der Waals surface area contributed by atoms with Gasteiger partial charge < -0.3 is 14.2 Å². The van der Waals surface area contributed by atoms with Gasteiger partial charge in [0.2, 0.25) is 0 Å². The van der Waals surface area contributed by atoms with Crippen molar-refractivity contribution in [2.24, 2.45) is 0 Å². The Morgan fingerprint density at radius 3 is 2.56 bits per heavy atom. The highest BCUT2D eigenvalue weighted by Gasteiger charge is 2.43. The summed E-state index contributed by atoms with van der Waals surface area (Å²) in [7, 11) is 0. The summed E-state index contributed by atoms with van der Waals surface area (Å²) in [5, 5.41) is 8.41. The van der Waals surface area contributed by atoms with E-state index in [-0.39, 0.29) is 18.0 Å². The zero-order valence-electron chi connectivity index (χ0n) is 13.5. The van der Waals surface area contributed by atoms with Crippen LogP contribution in [-0.4, -0.2) is 45.6 Å². The van der Waals surface area contributed by atoms with Gasteiger partial charge in [-0.15, -0.1) is 10.2 Å². The number of para-hydroxylation sites is 1. The van der Waals surface area contributed by atoms with E-state index < -0.39 is 30.1 Å². The molecule has 0 amide bonds. The van der Waals surface area contributed by atoms with E-state index in [2.05, 4.69) is 10.2 Å². The highest BCUT2D eigenvalue weighted by atomic mass is 16.6. The molecule has 1 aromatic heterocycles. The Hall–Kier alpha value is -3.23. The molecule has 0 N–H and O–H groups in total. The number of aromatic nitrogens is 3. The molecule has 1 aliphatic heterocycles. The van der Waals surface area contributed by atoms with Crippen LogP contribution >= 0.6 is 0 Å². The molecule has 0 unspecified atom stereocenters. The zero-order valence-corrected chi connectivity index (χ0v) is 13.5. The fourth-order valence-corrected chi connectivity index (χ4v) is 2.41. The third-order valence-electron chi connectivity index (χ3n) is 3.43. The maximum absolute atomic E-state index is 12.1. The number of nitrogens with zero attached hydrogens (tertiary/aromatic N) is 3. The first-order chi connectivity index (χ1) is 12.0. The molecular weight excluding hydrogens is 330 g/mol. The lowest BCUT2D eigenvalue weighted by Gasteiger charge is -2.21. The van der Waals surface area contributed by atoms with Gasteiger partial charge in [0, 0.05) is 13.8 Å². The van der Waals surface area contributed by atoms with Crippen LogP contribution in [0.1, 0.15) is 36.1 Å². The van der Waals surface area contributed by atoms with E-state index in [1.54, 1.807) is 12.1 Å². The Labute approximate surface area is 142 Å². The minimum atomic E-state index is -1.01. The standard InChI is InChI=1S/C16H15N3O6/c1-9(20)23-8-12(24-10(2)21)15-13-14(16(22)25-15)18-19(17-13)11-6-4-3-5-7-11/h3-7,12,15H,8H2,1-2H3/t12-,15+/m0/s1. The van der Waals surface area contributed by atoms with E-state index >= 15 is 0 Å². The zero-order chi connectivity index (χ0) is 18.0. The Morgan fingerprint density at radius 2 is 1.92 bits per heavy atom. The fraction of sp³-hybridized carbons (Fsp3) is 0.312. The van der Waals surface area contributed by atoms with Crippen molar-refractivity contribution in [2.45, 2.75) is 26.1 Å². The second kappa shape index (κ2) is 6.71. The van der Waals surface area contributed by atoms with E-state index in [9.17, 15) is 14.4 Å². The number of carbonyl (C=O) groups is 3. The minimum absolute atomic E-state index is 0.0360. The van der Waals surface area contributed by atoms with Crippen LogP contribution in [-0.2, 0) is 23.8 Å². The van der Waals surface area contributed by atoms with E-state index in [0.717, 1.165) is 0 Å². The lowest BCUT2D eigenvalue weighted by molar-refractivity contribution is -0.163. The highest BCUT2D eigenvalue weighted by Crippen LogP contribution is 2.32. The molecule has 0 aliphatic carbocycles. The summed E-state index contributed by atoms with van der Waals surface area (Å²) < 4.78 is 15.2. The SMILES string of the molecule is CC(=O)OC[C@H](OC(C)=O)[C@H]1OC(=O)c2nn(-c3ccccc3)nc21. The van der Waals surface area contributed by atoms with Gasteiger partial charge >= 0.3 is 17.9 Å². The predicted molar refractivity (Wildman–Crippen MR) is 81.7 cm³/mol. The van der Waals surface area contributed by atoms with Gasteiger partial charge in [-0.3, -0.25) is 9.59 Å². The first-order valence-corrected chi connectivity index (χ1v) is 7.50. The predicted octanol–water partition coefficient (Wildman–Crippen LogP) is 0.974. The molecular formula is C16H15N3O6. The summed E-state index contributed by atoms with van der Waals surface area (Å²) in [6.07, 6.45) is -2.00. The third kappa shape index (κ3) is 3.49. The van der Waals surface area contributed by atoms with E-state index in [1.165, 1.54) is 18.6 Å². The van der Waals surface area contributed by atoms with Crippen molar-refractivity contribution in [1.82, 2.24) is 15.0 Å². The van der Waals surface area contributed by atoms with Gasteiger partial charge in [-0.2, -0.15) is 4.80 Å². The Bertz CT molecular complexity index is 817. The topological polar surface area (TPSA) is 110 Å². The second-order valence-corrected chi connectivity index (χ2v) is 5.34. The normalized spacial score (nSPS) is 16.7. The summed E-state index contributed by atoms with van der Waals surface area (Å²) in [5.41, 5.74) is 0.925. The van der Waals surface area contributed by atoms with Gasteiger partial charge in [-0.05, 0) is 12.1 Å². The number of esters is 3. The molecule has 1 aromatic carbocycles. The van der Waals surface area contributed by atoms with Gasteiger partial charge in [-0.1, -0.05) is 18.2 Å². The highest BCUT2D eigenvalue weighted by molar-refractivity contribution is 5.91. The first kappa shape index (κ1) is 16.6. The van der Waals surface area contributed by atoms with Crippen LogP contribution in [0.25, 0.3) is 5.69 Å². The number of carbonyl (C=O) groups excluding carboxylic acids is 3. The van der Waals surface area contributed by atoms with Crippen molar-refractivity contribution < 1.29 is 28.6 Å². The average molecular weight is 345 g/mol. The Morgan fingerprint density at radius 1 is 1.20 bits per heavy atom. The van der Waals surface area contributed by atoms with Crippen LogP contribution < -0.4 is 0 Å². The molecule has 0 radical (unpaired) electrons. The van der Waals surface area contributed by atoms with Gasteiger partial charge in [-0.25, -0.2) is 4.79 Å². The molecule has 2 atom stereocenters. The smallest absolute Gasteiger partial charge is 0.361 e. The van der Waals surface area contributed by atoms with Crippen molar-refractivity contribution in [1.29, 1.82) is 0 Å². The summed E-state index contributed by atoms with van der Waals surface area (Å²) in [5.74, 6) is -1.83. The molecule has 0 saturated carbocycles. The minimum Gasteiger partial charge on any atom is -0.462 e. The number of ether oxygens (including phenoxy) is 3. The fourth-order valence-electron chi connectivity index (χ4n) is 2.41. The Kier molecular flexibility index (Phi) is 4.46. The van der Waals surface area contributed by atoms with Crippen LogP contribution in [0.4, 0.5) is 0 Å². The van der Waals surface area contributed by atoms with Gasteiger partial charge in [0.15, 0.2) is 17.9 Å². The quantitative estimate of drug-likeness (QED) is 0.582. The van der Waals surface area contributed by atoms with E-state index in [4.69, 9.17) is 14.2 Å². The molecule has 0 bridgehead atoms. The number of hydrogen-bond donors (Lipinski definition) is 0. The van der Waals surface area contributed by atoms with Gasteiger partial charge in [0.05, 0.1) is 5.69 Å². The van der Waals surface area contributed by atoms with Gasteiger partial charge in [0.1, 0.15) is 12.3 Å².